The van der Waals surface area contributed by atoms with E-state index in [0.717, 1.165) is 37.2 Å². The average molecular weight is 532 g/mol. The molecule has 1 fully saturated rings. The number of carbonyl (C=O) groups excluding carboxylic acids is 1. The Morgan fingerprint density at radius 2 is 1.71 bits per heavy atom. The Labute approximate surface area is 221 Å². The van der Waals surface area contributed by atoms with E-state index in [2.05, 4.69) is 26.8 Å². The summed E-state index contributed by atoms with van der Waals surface area (Å²) in [6, 6.07) is 15.2. The predicted octanol–water partition coefficient (Wildman–Crippen LogP) is 3.72. The number of hydrogen-bond donors (Lipinski definition) is 0. The molecule has 0 saturated heterocycles. The van der Waals surface area contributed by atoms with Crippen molar-refractivity contribution in [2.75, 3.05) is 24.8 Å². The number of hydrogen-bond acceptors (Lipinski definition) is 6. The molecule has 4 aromatic rings. The summed E-state index contributed by atoms with van der Waals surface area (Å²) >= 11 is 0. The summed E-state index contributed by atoms with van der Waals surface area (Å²) in [4.78, 5) is 19.9. The summed E-state index contributed by atoms with van der Waals surface area (Å²) in [5.74, 6) is 1.39. The minimum atomic E-state index is -3.62. The number of nitrogens with zero attached hydrogens (tertiary/aromatic N) is 5. The lowest BCUT2D eigenvalue weighted by molar-refractivity contribution is 0.0973. The number of fused-ring (bicyclic) bond motifs is 1. The van der Waals surface area contributed by atoms with Crippen LogP contribution in [-0.4, -0.2) is 53.6 Å². The number of sulfone groups is 1. The van der Waals surface area contributed by atoms with Gasteiger partial charge >= 0.3 is 0 Å². The lowest BCUT2D eigenvalue weighted by Gasteiger charge is -2.28. The molecule has 0 atom stereocenters. The Kier molecular flexibility index (Phi) is 5.68. The van der Waals surface area contributed by atoms with Crippen molar-refractivity contribution in [1.29, 1.82) is 0 Å². The number of rotatable bonds is 7. The fraction of sp³-hybridized carbons (Fsp3) is 0.321. The van der Waals surface area contributed by atoms with Gasteiger partial charge in [-0.2, -0.15) is 5.10 Å². The van der Waals surface area contributed by atoms with Crippen LogP contribution in [0.1, 0.15) is 40.3 Å². The largest absolute Gasteiger partial charge is 0.497 e. The molecule has 3 heterocycles. The third kappa shape index (κ3) is 4.09. The molecule has 2 aromatic carbocycles. The van der Waals surface area contributed by atoms with Crippen LogP contribution in [0.15, 0.2) is 66.0 Å². The summed E-state index contributed by atoms with van der Waals surface area (Å²) in [5, 5.41) is 4.35. The lowest BCUT2D eigenvalue weighted by atomic mass is 9.95. The first-order valence-corrected chi connectivity index (χ1v) is 14.5. The van der Waals surface area contributed by atoms with Crippen LogP contribution in [0.2, 0.25) is 0 Å². The highest BCUT2D eigenvalue weighted by Gasteiger charge is 2.45. The van der Waals surface area contributed by atoms with Gasteiger partial charge in [0.15, 0.2) is 14.9 Å². The van der Waals surface area contributed by atoms with E-state index in [9.17, 15) is 13.2 Å². The molecule has 1 saturated carbocycles. The number of carbonyl (C=O) groups is 1. The van der Waals surface area contributed by atoms with Crippen LogP contribution in [0.5, 0.6) is 5.75 Å². The number of aryl methyl sites for hydroxylation is 1. The van der Waals surface area contributed by atoms with Crippen LogP contribution in [0.4, 0.5) is 5.69 Å². The quantitative estimate of drug-likeness (QED) is 0.360. The molecule has 0 radical (unpaired) electrons. The first-order valence-electron chi connectivity index (χ1n) is 12.6. The smallest absolute Gasteiger partial charge is 0.277 e. The fourth-order valence-corrected chi connectivity index (χ4v) is 6.24. The van der Waals surface area contributed by atoms with E-state index < -0.39 is 9.84 Å². The number of amides is 1. The summed E-state index contributed by atoms with van der Waals surface area (Å²) in [6.45, 7) is 3.28. The minimum absolute atomic E-state index is 0.0443. The molecule has 1 aliphatic heterocycles. The predicted molar refractivity (Wildman–Crippen MR) is 143 cm³/mol. The molecule has 9 nitrogen and oxygen atoms in total. The number of methoxy groups -OCH3 is 1. The maximum atomic E-state index is 13.9. The highest BCUT2D eigenvalue weighted by atomic mass is 32.2. The molecule has 196 valence electrons. The first kappa shape index (κ1) is 24.4. The maximum absolute atomic E-state index is 13.9. The maximum Gasteiger partial charge on any atom is 0.277 e. The molecule has 0 unspecified atom stereocenters. The van der Waals surface area contributed by atoms with Crippen molar-refractivity contribution >= 4 is 21.4 Å². The van der Waals surface area contributed by atoms with Crippen molar-refractivity contribution in [3.63, 3.8) is 0 Å². The van der Waals surface area contributed by atoms with Gasteiger partial charge in [-0.05, 0) is 68.1 Å². The third-order valence-corrected chi connectivity index (χ3v) is 8.72. The normalized spacial score (nSPS) is 16.4. The van der Waals surface area contributed by atoms with Gasteiger partial charge in [0.1, 0.15) is 17.3 Å². The SMILES string of the molecule is COc1ccc(-n2nc(S(C)(=O)=O)c3c2C(=O)N(c2ccc(C4(Cn5ccnc5C)CC4)cc2)CC3)cc1. The minimum Gasteiger partial charge on any atom is -0.497 e. The Morgan fingerprint density at radius 1 is 1.03 bits per heavy atom. The Balaban J connectivity index is 1.33. The summed E-state index contributed by atoms with van der Waals surface area (Å²) in [7, 11) is -2.05. The molecule has 1 aliphatic carbocycles. The second-order valence-corrected chi connectivity index (χ2v) is 12.1. The van der Waals surface area contributed by atoms with Crippen molar-refractivity contribution in [3.8, 4) is 11.4 Å². The van der Waals surface area contributed by atoms with Gasteiger partial charge < -0.3 is 14.2 Å². The summed E-state index contributed by atoms with van der Waals surface area (Å²) in [5.41, 5.74) is 3.46. The third-order valence-electron chi connectivity index (χ3n) is 7.69. The average Bonchev–Trinajstić information content (AvgIpc) is 3.40. The van der Waals surface area contributed by atoms with Crippen LogP contribution in [0.3, 0.4) is 0 Å². The van der Waals surface area contributed by atoms with Crippen LogP contribution < -0.4 is 9.64 Å². The van der Waals surface area contributed by atoms with Crippen LogP contribution in [0.25, 0.3) is 5.69 Å². The molecule has 0 N–H and O–H groups in total. The van der Waals surface area contributed by atoms with E-state index in [0.29, 0.717) is 30.0 Å². The number of anilines is 1. The molecule has 6 rings (SSSR count). The van der Waals surface area contributed by atoms with Gasteiger partial charge in [-0.3, -0.25) is 4.79 Å². The topological polar surface area (TPSA) is 99.3 Å². The summed E-state index contributed by atoms with van der Waals surface area (Å²) < 4.78 is 34.0. The van der Waals surface area contributed by atoms with E-state index in [1.807, 2.05) is 31.5 Å². The van der Waals surface area contributed by atoms with E-state index in [1.165, 1.54) is 10.2 Å². The zero-order valence-corrected chi connectivity index (χ0v) is 22.4. The molecule has 2 aromatic heterocycles. The Hall–Kier alpha value is -3.92. The molecule has 10 heteroatoms. The van der Waals surface area contributed by atoms with Crippen LogP contribution in [-0.2, 0) is 28.2 Å². The van der Waals surface area contributed by atoms with Crippen molar-refractivity contribution in [3.05, 3.63) is 83.6 Å². The second kappa shape index (κ2) is 8.83. The molecule has 2 aliphatic rings. The van der Waals surface area contributed by atoms with Crippen molar-refractivity contribution < 1.29 is 17.9 Å². The van der Waals surface area contributed by atoms with Gasteiger partial charge in [-0.1, -0.05) is 12.1 Å². The van der Waals surface area contributed by atoms with Gasteiger partial charge in [0.2, 0.25) is 0 Å². The Morgan fingerprint density at radius 3 is 2.29 bits per heavy atom. The molecule has 0 spiro atoms. The van der Waals surface area contributed by atoms with Gasteiger partial charge in [0.05, 0.1) is 12.8 Å². The molecular weight excluding hydrogens is 502 g/mol. The number of ether oxygens (including phenoxy) is 1. The lowest BCUT2D eigenvalue weighted by Crippen LogP contribution is -2.39. The van der Waals surface area contributed by atoms with Crippen LogP contribution in [0, 0.1) is 6.92 Å². The number of benzene rings is 2. The van der Waals surface area contributed by atoms with E-state index in [1.54, 1.807) is 36.3 Å². The molecule has 0 bridgehead atoms. The zero-order valence-electron chi connectivity index (χ0n) is 21.6. The van der Waals surface area contributed by atoms with Crippen molar-refractivity contribution in [1.82, 2.24) is 19.3 Å². The van der Waals surface area contributed by atoms with Crippen molar-refractivity contribution in [2.45, 2.75) is 43.2 Å². The fourth-order valence-electron chi connectivity index (χ4n) is 5.36. The highest BCUT2D eigenvalue weighted by Crippen LogP contribution is 2.50. The van der Waals surface area contributed by atoms with Crippen molar-refractivity contribution in [2.24, 2.45) is 0 Å². The Bertz CT molecular complexity index is 1630. The van der Waals surface area contributed by atoms with E-state index in [4.69, 9.17) is 4.74 Å². The second-order valence-electron chi connectivity index (χ2n) is 10.2. The van der Waals surface area contributed by atoms with Crippen LogP contribution >= 0.6 is 0 Å². The van der Waals surface area contributed by atoms with Gasteiger partial charge in [0.25, 0.3) is 5.91 Å². The van der Waals surface area contributed by atoms with E-state index in [-0.39, 0.29) is 22.0 Å². The molecule has 1 amide bonds. The van der Waals surface area contributed by atoms with E-state index >= 15 is 0 Å². The van der Waals surface area contributed by atoms with Gasteiger partial charge in [0, 0.05) is 48.4 Å². The highest BCUT2D eigenvalue weighted by molar-refractivity contribution is 7.90. The summed E-state index contributed by atoms with van der Waals surface area (Å²) in [6.07, 6.45) is 7.60. The monoisotopic (exact) mass is 531 g/mol. The zero-order chi connectivity index (χ0) is 26.7. The number of imidazole rings is 1. The molecule has 38 heavy (non-hydrogen) atoms. The molecular formula is C28H29N5O4S. The standard InChI is InChI=1S/C28H29N5O4S/c1-19-29-15-17-31(19)18-28(13-14-28)20-4-6-21(7-5-20)32-16-12-24-25(27(32)34)33(30-26(24)38(3,35)36)22-8-10-23(37-2)11-9-22/h4-11,15,17H,12-14,16,18H2,1-3H3. The van der Waals surface area contributed by atoms with Gasteiger partial charge in [-0.25, -0.2) is 18.1 Å². The number of aromatic nitrogens is 4. The van der Waals surface area contributed by atoms with Gasteiger partial charge in [-0.15, -0.1) is 0 Å². The first-order chi connectivity index (χ1) is 18.2.